The Balaban J connectivity index is 1.42. The smallest absolute Gasteiger partial charge is 0.273 e. The number of aryl methyl sites for hydroxylation is 1. The minimum absolute atomic E-state index is 0.0184. The van der Waals surface area contributed by atoms with Crippen molar-refractivity contribution in [3.8, 4) is 11.3 Å². The molecule has 2 aromatic heterocycles. The van der Waals surface area contributed by atoms with Gasteiger partial charge < -0.3 is 14.3 Å². The third kappa shape index (κ3) is 4.59. The summed E-state index contributed by atoms with van der Waals surface area (Å²) in [6, 6.07) is 13.5. The lowest BCUT2D eigenvalue weighted by Crippen LogP contribution is -2.41. The van der Waals surface area contributed by atoms with Crippen molar-refractivity contribution < 1.29 is 13.7 Å². The zero-order valence-corrected chi connectivity index (χ0v) is 16.9. The summed E-state index contributed by atoms with van der Waals surface area (Å²) in [6.45, 7) is 6.79. The lowest BCUT2D eigenvalue weighted by Gasteiger charge is -2.35. The SMILES string of the molecule is Cc1ccc(-c2cc(C(=O)NCC(c3ccco3)N3CCC(C)CC3)no2)cc1. The second-order valence-corrected chi connectivity index (χ2v) is 7.90. The number of carbonyl (C=O) groups excluding carboxylic acids is 1. The van der Waals surface area contributed by atoms with Gasteiger partial charge in [0.05, 0.1) is 12.3 Å². The van der Waals surface area contributed by atoms with Crippen LogP contribution in [0.1, 0.15) is 47.6 Å². The normalized spacial score (nSPS) is 16.6. The van der Waals surface area contributed by atoms with Gasteiger partial charge in [-0.2, -0.15) is 0 Å². The van der Waals surface area contributed by atoms with E-state index in [-0.39, 0.29) is 17.6 Å². The van der Waals surface area contributed by atoms with Gasteiger partial charge in [0.25, 0.3) is 5.91 Å². The molecule has 0 radical (unpaired) electrons. The van der Waals surface area contributed by atoms with Crippen molar-refractivity contribution in [2.75, 3.05) is 19.6 Å². The van der Waals surface area contributed by atoms with E-state index in [4.69, 9.17) is 8.94 Å². The number of carbonyl (C=O) groups is 1. The molecule has 29 heavy (non-hydrogen) atoms. The molecule has 152 valence electrons. The quantitative estimate of drug-likeness (QED) is 0.670. The number of furan rings is 1. The van der Waals surface area contributed by atoms with Crippen LogP contribution in [0.15, 0.2) is 57.7 Å². The first-order valence-electron chi connectivity index (χ1n) is 10.2. The minimum atomic E-state index is -0.242. The summed E-state index contributed by atoms with van der Waals surface area (Å²) in [6.07, 6.45) is 4.00. The number of benzene rings is 1. The van der Waals surface area contributed by atoms with E-state index in [0.717, 1.165) is 43.2 Å². The van der Waals surface area contributed by atoms with Crippen LogP contribution in [0.4, 0.5) is 0 Å². The van der Waals surface area contributed by atoms with Gasteiger partial charge in [-0.1, -0.05) is 41.9 Å². The fourth-order valence-electron chi connectivity index (χ4n) is 3.75. The number of likely N-dealkylation sites (tertiary alicyclic amines) is 1. The summed E-state index contributed by atoms with van der Waals surface area (Å²) in [4.78, 5) is 15.1. The van der Waals surface area contributed by atoms with Crippen LogP contribution in [0.5, 0.6) is 0 Å². The largest absolute Gasteiger partial charge is 0.468 e. The second-order valence-electron chi connectivity index (χ2n) is 7.90. The van der Waals surface area contributed by atoms with Gasteiger partial charge in [-0.05, 0) is 50.9 Å². The van der Waals surface area contributed by atoms with Crippen LogP contribution in [0.2, 0.25) is 0 Å². The van der Waals surface area contributed by atoms with Gasteiger partial charge >= 0.3 is 0 Å². The molecule has 0 saturated carbocycles. The molecule has 3 heterocycles. The van der Waals surface area contributed by atoms with Gasteiger partial charge in [0.15, 0.2) is 11.5 Å². The van der Waals surface area contributed by atoms with Gasteiger partial charge in [-0.15, -0.1) is 0 Å². The number of rotatable bonds is 6. The number of nitrogens with one attached hydrogen (secondary N) is 1. The van der Waals surface area contributed by atoms with E-state index in [2.05, 4.69) is 22.3 Å². The standard InChI is InChI=1S/C23H27N3O3/c1-16-5-7-18(8-6-16)22-14-19(25-29-22)23(27)24-15-20(21-4-3-13-28-21)26-11-9-17(2)10-12-26/h3-8,13-14,17,20H,9-12,15H2,1-2H3,(H,24,27). The first-order valence-corrected chi connectivity index (χ1v) is 10.2. The van der Waals surface area contributed by atoms with Crippen molar-refractivity contribution in [1.29, 1.82) is 0 Å². The minimum Gasteiger partial charge on any atom is -0.468 e. The summed E-state index contributed by atoms with van der Waals surface area (Å²) in [7, 11) is 0. The zero-order valence-electron chi connectivity index (χ0n) is 16.9. The summed E-state index contributed by atoms with van der Waals surface area (Å²) in [5.41, 5.74) is 2.35. The molecule has 6 heteroatoms. The maximum absolute atomic E-state index is 12.7. The van der Waals surface area contributed by atoms with Gasteiger partial charge in [0, 0.05) is 18.2 Å². The maximum atomic E-state index is 12.7. The van der Waals surface area contributed by atoms with E-state index >= 15 is 0 Å². The molecule has 0 spiro atoms. The topological polar surface area (TPSA) is 71.5 Å². The predicted octanol–water partition coefficient (Wildman–Crippen LogP) is 4.45. The number of nitrogens with zero attached hydrogens (tertiary/aromatic N) is 2. The fourth-order valence-corrected chi connectivity index (χ4v) is 3.75. The van der Waals surface area contributed by atoms with Crippen LogP contribution in [0.3, 0.4) is 0 Å². The second kappa shape index (κ2) is 8.66. The van der Waals surface area contributed by atoms with E-state index in [1.807, 2.05) is 43.3 Å². The average molecular weight is 393 g/mol. The van der Waals surface area contributed by atoms with Crippen LogP contribution in [0, 0.1) is 12.8 Å². The zero-order chi connectivity index (χ0) is 20.2. The highest BCUT2D eigenvalue weighted by molar-refractivity contribution is 5.93. The van der Waals surface area contributed by atoms with Crippen LogP contribution >= 0.6 is 0 Å². The van der Waals surface area contributed by atoms with Crippen LogP contribution in [-0.4, -0.2) is 35.6 Å². The Bertz CT molecular complexity index is 923. The number of amides is 1. The van der Waals surface area contributed by atoms with Crippen molar-refractivity contribution in [1.82, 2.24) is 15.4 Å². The predicted molar refractivity (Wildman–Crippen MR) is 110 cm³/mol. The molecule has 1 fully saturated rings. The van der Waals surface area contributed by atoms with Crippen molar-refractivity contribution in [2.45, 2.75) is 32.7 Å². The fraction of sp³-hybridized carbons (Fsp3) is 0.391. The molecule has 1 aliphatic heterocycles. The molecule has 1 amide bonds. The molecule has 6 nitrogen and oxygen atoms in total. The molecule has 1 aliphatic rings. The molecule has 4 rings (SSSR count). The highest BCUT2D eigenvalue weighted by Crippen LogP contribution is 2.27. The number of aromatic nitrogens is 1. The van der Waals surface area contributed by atoms with E-state index < -0.39 is 0 Å². The molecule has 1 unspecified atom stereocenters. The third-order valence-electron chi connectivity index (χ3n) is 5.67. The van der Waals surface area contributed by atoms with E-state index in [1.54, 1.807) is 12.3 Å². The number of hydrogen-bond acceptors (Lipinski definition) is 5. The molecular weight excluding hydrogens is 366 g/mol. The third-order valence-corrected chi connectivity index (χ3v) is 5.67. The molecule has 1 N–H and O–H groups in total. The summed E-state index contributed by atoms with van der Waals surface area (Å²) >= 11 is 0. The number of piperidine rings is 1. The van der Waals surface area contributed by atoms with E-state index in [0.29, 0.717) is 12.3 Å². The first-order chi connectivity index (χ1) is 14.1. The van der Waals surface area contributed by atoms with E-state index in [1.165, 1.54) is 5.56 Å². The molecule has 1 saturated heterocycles. The van der Waals surface area contributed by atoms with Crippen molar-refractivity contribution in [3.63, 3.8) is 0 Å². The van der Waals surface area contributed by atoms with Gasteiger partial charge in [0.2, 0.25) is 0 Å². The Morgan fingerprint density at radius 3 is 2.69 bits per heavy atom. The van der Waals surface area contributed by atoms with Crippen molar-refractivity contribution in [2.24, 2.45) is 5.92 Å². The van der Waals surface area contributed by atoms with Gasteiger partial charge in [0.1, 0.15) is 5.76 Å². The van der Waals surface area contributed by atoms with Crippen LogP contribution in [-0.2, 0) is 0 Å². The van der Waals surface area contributed by atoms with E-state index in [9.17, 15) is 4.79 Å². The number of hydrogen-bond donors (Lipinski definition) is 1. The molecule has 3 aromatic rings. The lowest BCUT2D eigenvalue weighted by atomic mass is 9.97. The Hall–Kier alpha value is -2.86. The summed E-state index contributed by atoms with van der Waals surface area (Å²) in [5.74, 6) is 1.96. The Morgan fingerprint density at radius 1 is 1.24 bits per heavy atom. The molecular formula is C23H27N3O3. The maximum Gasteiger partial charge on any atom is 0.273 e. The molecule has 1 atom stereocenters. The first kappa shape index (κ1) is 19.5. The Labute approximate surface area is 170 Å². The van der Waals surface area contributed by atoms with Crippen molar-refractivity contribution >= 4 is 5.91 Å². The molecule has 1 aromatic carbocycles. The van der Waals surface area contributed by atoms with Crippen LogP contribution < -0.4 is 5.32 Å². The Kier molecular flexibility index (Phi) is 5.81. The monoisotopic (exact) mass is 393 g/mol. The van der Waals surface area contributed by atoms with Gasteiger partial charge in [-0.25, -0.2) is 0 Å². The van der Waals surface area contributed by atoms with Crippen LogP contribution in [0.25, 0.3) is 11.3 Å². The summed E-state index contributed by atoms with van der Waals surface area (Å²) < 4.78 is 11.0. The molecule has 0 bridgehead atoms. The summed E-state index contributed by atoms with van der Waals surface area (Å²) in [5, 5.41) is 6.96. The highest BCUT2D eigenvalue weighted by Gasteiger charge is 2.27. The van der Waals surface area contributed by atoms with Crippen molar-refractivity contribution in [3.05, 3.63) is 65.7 Å². The van der Waals surface area contributed by atoms with Gasteiger partial charge in [-0.3, -0.25) is 9.69 Å². The molecule has 0 aliphatic carbocycles. The highest BCUT2D eigenvalue weighted by atomic mass is 16.5. The average Bonchev–Trinajstić information content (AvgIpc) is 3.42. The lowest BCUT2D eigenvalue weighted by molar-refractivity contribution is 0.0887. The Morgan fingerprint density at radius 2 is 2.00 bits per heavy atom.